The molecule has 120 valence electrons. The zero-order chi connectivity index (χ0) is 16.2. The second-order valence-electron chi connectivity index (χ2n) is 5.34. The molecule has 0 radical (unpaired) electrons. The van der Waals surface area contributed by atoms with Gasteiger partial charge in [-0.3, -0.25) is 0 Å². The molecule has 1 heterocycles. The summed E-state index contributed by atoms with van der Waals surface area (Å²) in [6.45, 7) is 3.75. The van der Waals surface area contributed by atoms with Crippen molar-refractivity contribution in [2.45, 2.75) is 44.1 Å². The largest absolute Gasteiger partial charge is 0.245 e. The molecule has 22 heavy (non-hydrogen) atoms. The van der Waals surface area contributed by atoms with Crippen LogP contribution >= 0.6 is 11.3 Å². The minimum atomic E-state index is -3.36. The predicted octanol–water partition coefficient (Wildman–Crippen LogP) is 4.30. The SMILES string of the molecule is CCCCc1nc(CS(=O)(=O)C(C)c2ccc(F)cc2)cs1. The molecule has 0 aliphatic heterocycles. The highest BCUT2D eigenvalue weighted by Gasteiger charge is 2.24. The molecule has 6 heteroatoms. The second kappa shape index (κ2) is 7.33. The van der Waals surface area contributed by atoms with Gasteiger partial charge >= 0.3 is 0 Å². The van der Waals surface area contributed by atoms with Crippen LogP contribution in [-0.4, -0.2) is 13.4 Å². The summed E-state index contributed by atoms with van der Waals surface area (Å²) in [6.07, 6.45) is 3.05. The van der Waals surface area contributed by atoms with Crippen molar-refractivity contribution in [2.24, 2.45) is 0 Å². The zero-order valence-corrected chi connectivity index (χ0v) is 14.4. The van der Waals surface area contributed by atoms with E-state index >= 15 is 0 Å². The van der Waals surface area contributed by atoms with Gasteiger partial charge in [-0.25, -0.2) is 17.8 Å². The molecule has 0 aliphatic rings. The molecule has 2 aromatic rings. The first-order valence-electron chi connectivity index (χ1n) is 7.32. The number of rotatable bonds is 7. The Morgan fingerprint density at radius 3 is 2.59 bits per heavy atom. The monoisotopic (exact) mass is 341 g/mol. The average molecular weight is 341 g/mol. The molecule has 1 atom stereocenters. The third kappa shape index (κ3) is 4.36. The lowest BCUT2D eigenvalue weighted by atomic mass is 10.2. The van der Waals surface area contributed by atoms with Crippen LogP contribution in [0.3, 0.4) is 0 Å². The van der Waals surface area contributed by atoms with Gasteiger partial charge in [0.15, 0.2) is 9.84 Å². The van der Waals surface area contributed by atoms with Crippen molar-refractivity contribution >= 4 is 21.2 Å². The van der Waals surface area contributed by atoms with Crippen LogP contribution in [0.1, 0.15) is 48.2 Å². The predicted molar refractivity (Wildman–Crippen MR) is 88.2 cm³/mol. The zero-order valence-electron chi connectivity index (χ0n) is 12.8. The molecule has 0 bridgehead atoms. The number of hydrogen-bond acceptors (Lipinski definition) is 4. The summed E-state index contributed by atoms with van der Waals surface area (Å²) in [5.41, 5.74) is 1.20. The molecular formula is C16H20FNO2S2. The lowest BCUT2D eigenvalue weighted by molar-refractivity contribution is 0.584. The molecule has 0 N–H and O–H groups in total. The van der Waals surface area contributed by atoms with Crippen molar-refractivity contribution in [3.05, 3.63) is 51.7 Å². The van der Waals surface area contributed by atoms with Crippen molar-refractivity contribution in [3.8, 4) is 0 Å². The van der Waals surface area contributed by atoms with Gasteiger partial charge in [0.05, 0.1) is 21.7 Å². The second-order valence-corrected chi connectivity index (χ2v) is 8.60. The Labute approximate surface area is 135 Å². The van der Waals surface area contributed by atoms with Crippen LogP contribution in [0.4, 0.5) is 4.39 Å². The maximum atomic E-state index is 12.9. The number of aromatic nitrogens is 1. The normalized spacial score (nSPS) is 13.2. The van der Waals surface area contributed by atoms with Gasteiger partial charge in [0.25, 0.3) is 0 Å². The Bertz CT molecular complexity index is 708. The topological polar surface area (TPSA) is 47.0 Å². The Hall–Kier alpha value is -1.27. The standard InChI is InChI=1S/C16H20FNO2S2/c1-3-4-5-16-18-15(10-21-16)11-22(19,20)12(2)13-6-8-14(17)9-7-13/h6-10,12H,3-5,11H2,1-2H3. The van der Waals surface area contributed by atoms with E-state index in [0.29, 0.717) is 11.3 Å². The Balaban J connectivity index is 2.09. The molecule has 1 unspecified atom stereocenters. The molecule has 2 rings (SSSR count). The van der Waals surface area contributed by atoms with E-state index in [1.54, 1.807) is 6.92 Å². The molecular weight excluding hydrogens is 321 g/mol. The van der Waals surface area contributed by atoms with Gasteiger partial charge in [0, 0.05) is 5.38 Å². The minimum absolute atomic E-state index is 0.0752. The third-order valence-electron chi connectivity index (χ3n) is 3.57. The number of thiazole rings is 1. The smallest absolute Gasteiger partial charge is 0.162 e. The Morgan fingerprint density at radius 2 is 1.95 bits per heavy atom. The summed E-state index contributed by atoms with van der Waals surface area (Å²) < 4.78 is 37.9. The van der Waals surface area contributed by atoms with Crippen LogP contribution in [0.25, 0.3) is 0 Å². The van der Waals surface area contributed by atoms with E-state index in [0.717, 1.165) is 24.3 Å². The lowest BCUT2D eigenvalue weighted by Gasteiger charge is -2.12. The van der Waals surface area contributed by atoms with Crippen molar-refractivity contribution in [3.63, 3.8) is 0 Å². The van der Waals surface area contributed by atoms with E-state index < -0.39 is 15.1 Å². The fraction of sp³-hybridized carbons (Fsp3) is 0.438. The number of hydrogen-bond donors (Lipinski definition) is 0. The van der Waals surface area contributed by atoms with Gasteiger partial charge < -0.3 is 0 Å². The van der Waals surface area contributed by atoms with Crippen molar-refractivity contribution < 1.29 is 12.8 Å². The van der Waals surface area contributed by atoms with Crippen LogP contribution in [-0.2, 0) is 22.0 Å². The molecule has 0 amide bonds. The lowest BCUT2D eigenvalue weighted by Crippen LogP contribution is -2.13. The van der Waals surface area contributed by atoms with E-state index in [-0.39, 0.29) is 11.6 Å². The molecule has 1 aromatic heterocycles. The maximum Gasteiger partial charge on any atom is 0.162 e. The molecule has 0 spiro atoms. The average Bonchev–Trinajstić information content (AvgIpc) is 2.92. The highest BCUT2D eigenvalue weighted by atomic mass is 32.2. The fourth-order valence-corrected chi connectivity index (χ4v) is 4.46. The molecule has 0 saturated carbocycles. The summed E-state index contributed by atoms with van der Waals surface area (Å²) >= 11 is 1.51. The molecule has 0 fully saturated rings. The first-order chi connectivity index (χ1) is 10.4. The van der Waals surface area contributed by atoms with E-state index in [1.165, 1.54) is 35.6 Å². The quantitative estimate of drug-likeness (QED) is 0.754. The van der Waals surface area contributed by atoms with Gasteiger partial charge in [-0.2, -0.15) is 0 Å². The van der Waals surface area contributed by atoms with Crippen LogP contribution < -0.4 is 0 Å². The van der Waals surface area contributed by atoms with E-state index in [2.05, 4.69) is 11.9 Å². The number of halogens is 1. The fourth-order valence-electron chi connectivity index (χ4n) is 2.13. The van der Waals surface area contributed by atoms with Crippen LogP contribution in [0.2, 0.25) is 0 Å². The van der Waals surface area contributed by atoms with Crippen molar-refractivity contribution in [2.75, 3.05) is 0 Å². The number of benzene rings is 1. The van der Waals surface area contributed by atoms with Gasteiger partial charge in [0.2, 0.25) is 0 Å². The summed E-state index contributed by atoms with van der Waals surface area (Å²) in [5, 5.41) is 2.13. The van der Waals surface area contributed by atoms with Crippen LogP contribution in [0.5, 0.6) is 0 Å². The Morgan fingerprint density at radius 1 is 1.27 bits per heavy atom. The van der Waals surface area contributed by atoms with Crippen molar-refractivity contribution in [1.29, 1.82) is 0 Å². The summed E-state index contributed by atoms with van der Waals surface area (Å²) in [6, 6.07) is 5.61. The molecule has 0 aliphatic carbocycles. The third-order valence-corrected chi connectivity index (χ3v) is 6.58. The highest BCUT2D eigenvalue weighted by molar-refractivity contribution is 7.90. The van der Waals surface area contributed by atoms with Crippen molar-refractivity contribution in [1.82, 2.24) is 4.98 Å². The number of aryl methyl sites for hydroxylation is 1. The van der Waals surface area contributed by atoms with E-state index in [9.17, 15) is 12.8 Å². The summed E-state index contributed by atoms with van der Waals surface area (Å²) in [4.78, 5) is 4.40. The molecule has 0 saturated heterocycles. The van der Waals surface area contributed by atoms with Gasteiger partial charge in [-0.1, -0.05) is 25.5 Å². The number of sulfone groups is 1. The van der Waals surface area contributed by atoms with Gasteiger partial charge in [0.1, 0.15) is 5.82 Å². The highest BCUT2D eigenvalue weighted by Crippen LogP contribution is 2.26. The summed E-state index contributed by atoms with van der Waals surface area (Å²) in [7, 11) is -3.36. The van der Waals surface area contributed by atoms with Gasteiger partial charge in [-0.15, -0.1) is 11.3 Å². The maximum absolute atomic E-state index is 12.9. The minimum Gasteiger partial charge on any atom is -0.245 e. The van der Waals surface area contributed by atoms with Gasteiger partial charge in [-0.05, 0) is 37.5 Å². The first-order valence-corrected chi connectivity index (χ1v) is 9.92. The number of nitrogens with zero attached hydrogens (tertiary/aromatic N) is 1. The Kier molecular flexibility index (Phi) is 5.69. The molecule has 3 nitrogen and oxygen atoms in total. The molecule has 1 aromatic carbocycles. The summed E-state index contributed by atoms with van der Waals surface area (Å²) in [5.74, 6) is -0.442. The van der Waals surface area contributed by atoms with E-state index in [4.69, 9.17) is 0 Å². The first kappa shape index (κ1) is 17.1. The van der Waals surface area contributed by atoms with E-state index in [1.807, 2.05) is 5.38 Å². The van der Waals surface area contributed by atoms with Crippen LogP contribution in [0.15, 0.2) is 29.6 Å². The van der Waals surface area contributed by atoms with Crippen LogP contribution in [0, 0.1) is 5.82 Å². The number of unbranched alkanes of at least 4 members (excludes halogenated alkanes) is 1.